The van der Waals surface area contributed by atoms with Crippen molar-refractivity contribution in [2.75, 3.05) is 11.9 Å². The van der Waals surface area contributed by atoms with Crippen molar-refractivity contribution in [3.05, 3.63) is 44.7 Å². The molecule has 20 heavy (non-hydrogen) atoms. The average Bonchev–Trinajstić information content (AvgIpc) is 2.73. The molecule has 2 aromatic rings. The third-order valence-corrected chi connectivity index (χ3v) is 3.10. The standard InChI is InChI=1S/C12H13ClN4O3/c1-7-10(17(18)19)11(15-12(13)14-7)16(3)6-9-4-5-20-8(9)2/h4-5H,6H2,1-3H3. The van der Waals surface area contributed by atoms with E-state index in [1.807, 2.05) is 13.0 Å². The van der Waals surface area contributed by atoms with Gasteiger partial charge in [0.15, 0.2) is 0 Å². The van der Waals surface area contributed by atoms with Crippen molar-refractivity contribution in [3.63, 3.8) is 0 Å². The maximum absolute atomic E-state index is 11.2. The first kappa shape index (κ1) is 14.3. The lowest BCUT2D eigenvalue weighted by molar-refractivity contribution is -0.385. The summed E-state index contributed by atoms with van der Waals surface area (Å²) in [7, 11) is 1.71. The topological polar surface area (TPSA) is 85.3 Å². The van der Waals surface area contributed by atoms with Crippen LogP contribution in [0.2, 0.25) is 5.28 Å². The maximum atomic E-state index is 11.2. The van der Waals surface area contributed by atoms with Gasteiger partial charge in [-0.05, 0) is 31.5 Å². The summed E-state index contributed by atoms with van der Waals surface area (Å²) >= 11 is 5.79. The minimum Gasteiger partial charge on any atom is -0.469 e. The van der Waals surface area contributed by atoms with Crippen molar-refractivity contribution in [3.8, 4) is 0 Å². The van der Waals surface area contributed by atoms with Crippen LogP contribution in [-0.2, 0) is 6.54 Å². The van der Waals surface area contributed by atoms with Crippen molar-refractivity contribution in [1.29, 1.82) is 0 Å². The molecule has 0 radical (unpaired) electrons. The largest absolute Gasteiger partial charge is 0.469 e. The van der Waals surface area contributed by atoms with E-state index in [1.165, 1.54) is 6.92 Å². The minimum absolute atomic E-state index is 0.0149. The molecule has 0 amide bonds. The molecule has 0 spiro atoms. The van der Waals surface area contributed by atoms with E-state index in [-0.39, 0.29) is 22.5 Å². The highest BCUT2D eigenvalue weighted by molar-refractivity contribution is 6.28. The van der Waals surface area contributed by atoms with Crippen molar-refractivity contribution in [2.24, 2.45) is 0 Å². The molecule has 0 unspecified atom stereocenters. The third-order valence-electron chi connectivity index (χ3n) is 2.93. The van der Waals surface area contributed by atoms with E-state index >= 15 is 0 Å². The van der Waals surface area contributed by atoms with Crippen LogP contribution in [0.4, 0.5) is 11.5 Å². The normalized spacial score (nSPS) is 10.6. The Morgan fingerprint density at radius 1 is 1.45 bits per heavy atom. The zero-order valence-corrected chi connectivity index (χ0v) is 12.0. The number of aryl methyl sites for hydroxylation is 2. The molecule has 0 aliphatic heterocycles. The number of anilines is 1. The van der Waals surface area contributed by atoms with Crippen LogP contribution in [0, 0.1) is 24.0 Å². The van der Waals surface area contributed by atoms with Crippen LogP contribution in [0.25, 0.3) is 0 Å². The predicted octanol–water partition coefficient (Wildman–Crippen LogP) is 2.88. The first-order valence-electron chi connectivity index (χ1n) is 5.82. The minimum atomic E-state index is -0.500. The highest BCUT2D eigenvalue weighted by Crippen LogP contribution is 2.30. The Labute approximate surface area is 120 Å². The number of rotatable bonds is 4. The number of furan rings is 1. The van der Waals surface area contributed by atoms with Crippen LogP contribution in [0.5, 0.6) is 0 Å². The zero-order valence-electron chi connectivity index (χ0n) is 11.3. The van der Waals surface area contributed by atoms with Crippen LogP contribution in [0.3, 0.4) is 0 Å². The fourth-order valence-corrected chi connectivity index (χ4v) is 2.11. The van der Waals surface area contributed by atoms with Crippen LogP contribution in [0.1, 0.15) is 17.0 Å². The SMILES string of the molecule is Cc1nc(Cl)nc(N(C)Cc2ccoc2C)c1[N+](=O)[O-]. The van der Waals surface area contributed by atoms with E-state index in [9.17, 15) is 10.1 Å². The molecule has 0 saturated carbocycles. The van der Waals surface area contributed by atoms with Gasteiger partial charge in [0.1, 0.15) is 11.5 Å². The number of nitrogens with zero attached hydrogens (tertiary/aromatic N) is 4. The smallest absolute Gasteiger partial charge is 0.332 e. The Balaban J connectivity index is 2.41. The summed E-state index contributed by atoms with van der Waals surface area (Å²) in [5.41, 5.74) is 1.02. The monoisotopic (exact) mass is 296 g/mol. The molecule has 0 atom stereocenters. The molecule has 106 valence electrons. The molecule has 2 heterocycles. The van der Waals surface area contributed by atoms with Gasteiger partial charge >= 0.3 is 5.69 Å². The van der Waals surface area contributed by atoms with Crippen LogP contribution in [-0.4, -0.2) is 21.9 Å². The van der Waals surface area contributed by atoms with Gasteiger partial charge in [-0.3, -0.25) is 10.1 Å². The van der Waals surface area contributed by atoms with Gasteiger partial charge in [0.05, 0.1) is 11.2 Å². The average molecular weight is 297 g/mol. The summed E-state index contributed by atoms with van der Waals surface area (Å²) in [5, 5.41) is 11.2. The summed E-state index contributed by atoms with van der Waals surface area (Å²) in [4.78, 5) is 20.1. The number of halogens is 1. The lowest BCUT2D eigenvalue weighted by atomic mass is 10.2. The van der Waals surface area contributed by atoms with Gasteiger partial charge in [0, 0.05) is 19.2 Å². The second-order valence-corrected chi connectivity index (χ2v) is 4.70. The number of hydrogen-bond donors (Lipinski definition) is 0. The summed E-state index contributed by atoms with van der Waals surface area (Å²) < 4.78 is 5.21. The Bertz CT molecular complexity index is 656. The molecule has 0 aliphatic rings. The molecule has 0 N–H and O–H groups in total. The molecular weight excluding hydrogens is 284 g/mol. The Morgan fingerprint density at radius 3 is 2.70 bits per heavy atom. The zero-order chi connectivity index (χ0) is 14.9. The summed E-state index contributed by atoms with van der Waals surface area (Å²) in [6.07, 6.45) is 1.57. The summed E-state index contributed by atoms with van der Waals surface area (Å²) in [6.45, 7) is 3.79. The number of hydrogen-bond acceptors (Lipinski definition) is 6. The molecule has 2 aromatic heterocycles. The second kappa shape index (κ2) is 5.46. The van der Waals surface area contributed by atoms with Gasteiger partial charge in [-0.15, -0.1) is 0 Å². The summed E-state index contributed by atoms with van der Waals surface area (Å²) in [5.74, 6) is 0.949. The molecule has 7 nitrogen and oxygen atoms in total. The van der Waals surface area contributed by atoms with Gasteiger partial charge in [-0.25, -0.2) is 4.98 Å². The Hall–Kier alpha value is -2.15. The molecular formula is C12H13ClN4O3. The van der Waals surface area contributed by atoms with Gasteiger partial charge in [0.25, 0.3) is 0 Å². The lowest BCUT2D eigenvalue weighted by Gasteiger charge is -2.18. The van der Waals surface area contributed by atoms with Gasteiger partial charge < -0.3 is 9.32 Å². The highest BCUT2D eigenvalue weighted by atomic mass is 35.5. The van der Waals surface area contributed by atoms with E-state index < -0.39 is 4.92 Å². The van der Waals surface area contributed by atoms with Gasteiger partial charge in [-0.2, -0.15) is 4.98 Å². The number of aromatic nitrogens is 2. The van der Waals surface area contributed by atoms with E-state index in [4.69, 9.17) is 16.0 Å². The van der Waals surface area contributed by atoms with Crippen LogP contribution >= 0.6 is 11.6 Å². The Kier molecular flexibility index (Phi) is 3.89. The Morgan fingerprint density at radius 2 is 2.15 bits per heavy atom. The predicted molar refractivity (Wildman–Crippen MR) is 74.0 cm³/mol. The first-order chi connectivity index (χ1) is 9.40. The molecule has 0 bridgehead atoms. The van der Waals surface area contributed by atoms with E-state index in [0.717, 1.165) is 11.3 Å². The highest BCUT2D eigenvalue weighted by Gasteiger charge is 2.25. The second-order valence-electron chi connectivity index (χ2n) is 4.37. The molecule has 8 heteroatoms. The van der Waals surface area contributed by atoms with Gasteiger partial charge in [-0.1, -0.05) is 0 Å². The summed E-state index contributed by atoms with van der Waals surface area (Å²) in [6, 6.07) is 1.81. The fraction of sp³-hybridized carbons (Fsp3) is 0.333. The lowest BCUT2D eigenvalue weighted by Crippen LogP contribution is -2.20. The van der Waals surface area contributed by atoms with E-state index in [1.54, 1.807) is 18.2 Å². The van der Waals surface area contributed by atoms with Crippen LogP contribution in [0.15, 0.2) is 16.7 Å². The molecule has 0 aromatic carbocycles. The van der Waals surface area contributed by atoms with Crippen molar-refractivity contribution < 1.29 is 9.34 Å². The molecule has 0 saturated heterocycles. The first-order valence-corrected chi connectivity index (χ1v) is 6.20. The fourth-order valence-electron chi connectivity index (χ4n) is 1.90. The van der Waals surface area contributed by atoms with Crippen molar-refractivity contribution in [1.82, 2.24) is 9.97 Å². The molecule has 2 rings (SSSR count). The van der Waals surface area contributed by atoms with Crippen LogP contribution < -0.4 is 4.90 Å². The number of nitro groups is 1. The molecule has 0 aliphatic carbocycles. The maximum Gasteiger partial charge on any atom is 0.332 e. The van der Waals surface area contributed by atoms with Crippen molar-refractivity contribution >= 4 is 23.1 Å². The van der Waals surface area contributed by atoms with E-state index in [0.29, 0.717) is 6.54 Å². The van der Waals surface area contributed by atoms with Crippen molar-refractivity contribution in [2.45, 2.75) is 20.4 Å². The third kappa shape index (κ3) is 2.72. The molecule has 0 fully saturated rings. The van der Waals surface area contributed by atoms with E-state index in [2.05, 4.69) is 9.97 Å². The van der Waals surface area contributed by atoms with Gasteiger partial charge in [0.2, 0.25) is 11.1 Å². The quantitative estimate of drug-likeness (QED) is 0.490.